The van der Waals surface area contributed by atoms with Crippen molar-refractivity contribution < 1.29 is 27.8 Å². The number of benzene rings is 2. The Balaban J connectivity index is 1.81. The molecule has 128 valence electrons. The van der Waals surface area contributed by atoms with Crippen LogP contribution in [0.15, 0.2) is 42.5 Å². The van der Waals surface area contributed by atoms with Gasteiger partial charge in [0.15, 0.2) is 0 Å². The Bertz CT molecular complexity index is 657. The Morgan fingerprint density at radius 1 is 1.00 bits per heavy atom. The van der Waals surface area contributed by atoms with Crippen molar-refractivity contribution in [1.82, 2.24) is 5.32 Å². The first kappa shape index (κ1) is 17.5. The number of carbonyl (C=O) groups is 1. The average Bonchev–Trinajstić information content (AvgIpc) is 2.52. The van der Waals surface area contributed by atoms with E-state index in [9.17, 15) is 13.6 Å². The molecule has 2 aromatic rings. The number of halogens is 2. The zero-order valence-electron chi connectivity index (χ0n) is 13.1. The number of carbonyl (C=O) groups excluding carboxylic acids is 1. The molecule has 5 nitrogen and oxygen atoms in total. The van der Waals surface area contributed by atoms with E-state index >= 15 is 0 Å². The maximum Gasteiger partial charge on any atom is 0.407 e. The summed E-state index contributed by atoms with van der Waals surface area (Å²) in [6.45, 7) is 2.61. The maximum atomic E-state index is 13.1. The number of hydrogen-bond donors (Lipinski definition) is 1. The summed E-state index contributed by atoms with van der Waals surface area (Å²) >= 11 is 0. The molecule has 0 saturated heterocycles. The van der Waals surface area contributed by atoms with Crippen molar-refractivity contribution in [2.24, 2.45) is 0 Å². The third-order valence-corrected chi connectivity index (χ3v) is 2.81. The van der Waals surface area contributed by atoms with Gasteiger partial charge in [-0.05, 0) is 31.2 Å². The van der Waals surface area contributed by atoms with Crippen molar-refractivity contribution in [2.75, 3.05) is 19.8 Å². The molecule has 0 radical (unpaired) electrons. The molecule has 24 heavy (non-hydrogen) atoms. The van der Waals surface area contributed by atoms with Crippen molar-refractivity contribution in [1.29, 1.82) is 0 Å². The largest absolute Gasteiger partial charge is 0.492 e. The van der Waals surface area contributed by atoms with Crippen LogP contribution in [-0.2, 0) is 4.74 Å². The van der Waals surface area contributed by atoms with Gasteiger partial charge in [0.25, 0.3) is 0 Å². The maximum absolute atomic E-state index is 13.1. The lowest BCUT2D eigenvalue weighted by Gasteiger charge is -2.09. The van der Waals surface area contributed by atoms with Crippen LogP contribution in [0, 0.1) is 11.6 Å². The molecule has 7 heteroatoms. The number of ether oxygens (including phenoxy) is 3. The zero-order chi connectivity index (χ0) is 17.4. The van der Waals surface area contributed by atoms with Gasteiger partial charge in [0.2, 0.25) is 0 Å². The molecule has 0 spiro atoms. The molecule has 0 heterocycles. The van der Waals surface area contributed by atoms with E-state index in [-0.39, 0.29) is 12.4 Å². The molecule has 0 saturated carbocycles. The second-order valence-electron chi connectivity index (χ2n) is 4.67. The van der Waals surface area contributed by atoms with Crippen LogP contribution >= 0.6 is 0 Å². The summed E-state index contributed by atoms with van der Waals surface area (Å²) in [5, 5.41) is 2.53. The monoisotopic (exact) mass is 337 g/mol. The Kier molecular flexibility index (Phi) is 6.36. The highest BCUT2D eigenvalue weighted by Gasteiger charge is 2.04. The van der Waals surface area contributed by atoms with Gasteiger partial charge in [-0.3, -0.25) is 0 Å². The fraction of sp³-hybridized carbons (Fsp3) is 0.235. The van der Waals surface area contributed by atoms with E-state index in [1.807, 2.05) is 0 Å². The van der Waals surface area contributed by atoms with Gasteiger partial charge >= 0.3 is 6.09 Å². The Labute approximate surface area is 138 Å². The quantitative estimate of drug-likeness (QED) is 0.779. The lowest BCUT2D eigenvalue weighted by atomic mass is 10.3. The number of rotatable bonds is 7. The summed E-state index contributed by atoms with van der Waals surface area (Å²) < 4.78 is 41.7. The normalized spacial score (nSPS) is 10.1. The molecule has 0 unspecified atom stereocenters. The predicted octanol–water partition coefficient (Wildman–Crippen LogP) is 3.88. The van der Waals surface area contributed by atoms with Crippen molar-refractivity contribution in [3.63, 3.8) is 0 Å². The fourth-order valence-electron chi connectivity index (χ4n) is 1.83. The van der Waals surface area contributed by atoms with Crippen LogP contribution in [0.1, 0.15) is 6.92 Å². The van der Waals surface area contributed by atoms with E-state index in [2.05, 4.69) is 5.32 Å². The number of hydrogen-bond acceptors (Lipinski definition) is 4. The van der Waals surface area contributed by atoms with Crippen molar-refractivity contribution >= 4 is 6.09 Å². The third-order valence-electron chi connectivity index (χ3n) is 2.81. The average molecular weight is 337 g/mol. The number of nitrogens with one attached hydrogen (secondary N) is 1. The molecule has 0 aromatic heterocycles. The van der Waals surface area contributed by atoms with Crippen LogP contribution in [0.3, 0.4) is 0 Å². The molecule has 0 aliphatic carbocycles. The summed E-state index contributed by atoms with van der Waals surface area (Å²) in [5.41, 5.74) is 0. The second-order valence-corrected chi connectivity index (χ2v) is 4.67. The summed E-state index contributed by atoms with van der Waals surface area (Å²) in [4.78, 5) is 11.1. The minimum absolute atomic E-state index is 0.0693. The first-order chi connectivity index (χ1) is 11.6. The molecular weight excluding hydrogens is 320 g/mol. The van der Waals surface area contributed by atoms with Gasteiger partial charge in [0.05, 0.1) is 13.2 Å². The molecule has 0 bridgehead atoms. The van der Waals surface area contributed by atoms with E-state index < -0.39 is 17.7 Å². The molecule has 1 amide bonds. The summed E-state index contributed by atoms with van der Waals surface area (Å²) in [7, 11) is 0. The van der Waals surface area contributed by atoms with Gasteiger partial charge in [-0.1, -0.05) is 0 Å². The molecule has 2 aromatic carbocycles. The van der Waals surface area contributed by atoms with Gasteiger partial charge in [0, 0.05) is 18.2 Å². The first-order valence-corrected chi connectivity index (χ1v) is 7.34. The van der Waals surface area contributed by atoms with Crippen LogP contribution in [-0.4, -0.2) is 25.9 Å². The fourth-order valence-corrected chi connectivity index (χ4v) is 1.83. The minimum Gasteiger partial charge on any atom is -0.492 e. The van der Waals surface area contributed by atoms with Crippen molar-refractivity contribution in [3.05, 3.63) is 54.1 Å². The Hall–Kier alpha value is -2.83. The van der Waals surface area contributed by atoms with Crippen LogP contribution in [0.5, 0.6) is 17.2 Å². The number of amides is 1. The molecule has 0 fully saturated rings. The SMILES string of the molecule is CCOC(=O)NCCOc1ccc(Oc2cc(F)cc(F)c2)cc1. The molecule has 2 rings (SSSR count). The second kappa shape index (κ2) is 8.71. The van der Waals surface area contributed by atoms with Gasteiger partial charge in [-0.15, -0.1) is 0 Å². The lowest BCUT2D eigenvalue weighted by Crippen LogP contribution is -2.28. The summed E-state index contributed by atoms with van der Waals surface area (Å²) in [5.74, 6) is -0.367. The Morgan fingerprint density at radius 2 is 1.62 bits per heavy atom. The highest BCUT2D eigenvalue weighted by Crippen LogP contribution is 2.25. The lowest BCUT2D eigenvalue weighted by molar-refractivity contribution is 0.150. The minimum atomic E-state index is -0.709. The standard InChI is InChI=1S/C17H17F2NO4/c1-2-22-17(21)20-7-8-23-14-3-5-15(6-4-14)24-16-10-12(18)9-13(19)11-16/h3-6,9-11H,2,7-8H2,1H3,(H,20,21). The van der Waals surface area contributed by atoms with Crippen LogP contribution in [0.4, 0.5) is 13.6 Å². The smallest absolute Gasteiger partial charge is 0.407 e. The summed E-state index contributed by atoms with van der Waals surface area (Å²) in [6.07, 6.45) is -0.493. The van der Waals surface area contributed by atoms with Crippen LogP contribution in [0.2, 0.25) is 0 Å². The van der Waals surface area contributed by atoms with Crippen LogP contribution < -0.4 is 14.8 Å². The van der Waals surface area contributed by atoms with E-state index in [0.29, 0.717) is 24.7 Å². The molecule has 0 aliphatic rings. The first-order valence-electron chi connectivity index (χ1n) is 7.34. The van der Waals surface area contributed by atoms with E-state index in [0.717, 1.165) is 18.2 Å². The van der Waals surface area contributed by atoms with Gasteiger partial charge < -0.3 is 19.5 Å². The van der Waals surface area contributed by atoms with E-state index in [1.165, 1.54) is 0 Å². The Morgan fingerprint density at radius 3 is 2.25 bits per heavy atom. The van der Waals surface area contributed by atoms with Gasteiger partial charge in [0.1, 0.15) is 35.5 Å². The third kappa shape index (κ3) is 5.75. The van der Waals surface area contributed by atoms with E-state index in [4.69, 9.17) is 14.2 Å². The van der Waals surface area contributed by atoms with Crippen molar-refractivity contribution in [2.45, 2.75) is 6.92 Å². The number of alkyl carbamates (subject to hydrolysis) is 1. The van der Waals surface area contributed by atoms with E-state index in [1.54, 1.807) is 31.2 Å². The highest BCUT2D eigenvalue weighted by molar-refractivity contribution is 5.66. The van der Waals surface area contributed by atoms with Crippen molar-refractivity contribution in [3.8, 4) is 17.2 Å². The van der Waals surface area contributed by atoms with Gasteiger partial charge in [-0.25, -0.2) is 13.6 Å². The molecule has 1 N–H and O–H groups in total. The molecule has 0 atom stereocenters. The molecule has 0 aliphatic heterocycles. The molecular formula is C17H17F2NO4. The van der Waals surface area contributed by atoms with Crippen LogP contribution in [0.25, 0.3) is 0 Å². The summed E-state index contributed by atoms with van der Waals surface area (Å²) in [6, 6.07) is 9.47. The van der Waals surface area contributed by atoms with Gasteiger partial charge in [-0.2, -0.15) is 0 Å². The predicted molar refractivity (Wildman–Crippen MR) is 83.4 cm³/mol. The zero-order valence-corrected chi connectivity index (χ0v) is 13.1. The topological polar surface area (TPSA) is 56.8 Å². The highest BCUT2D eigenvalue weighted by atomic mass is 19.1.